The average molecular weight is 453 g/mol. The van der Waals surface area contributed by atoms with Gasteiger partial charge >= 0.3 is 0 Å². The zero-order valence-electron chi connectivity index (χ0n) is 16.1. The Morgan fingerprint density at radius 3 is 2.97 bits per heavy atom. The second-order valence-electron chi connectivity index (χ2n) is 6.96. The fraction of sp³-hybridized carbons (Fsp3) is 0.368. The topological polar surface area (TPSA) is 112 Å². The Morgan fingerprint density at radius 1 is 1.39 bits per heavy atom. The average Bonchev–Trinajstić information content (AvgIpc) is 2.75. The van der Waals surface area contributed by atoms with E-state index >= 15 is 0 Å². The highest BCUT2D eigenvalue weighted by Gasteiger charge is 2.51. The third-order valence-corrected chi connectivity index (χ3v) is 6.04. The van der Waals surface area contributed by atoms with Crippen molar-refractivity contribution in [1.82, 2.24) is 9.97 Å². The molecular weight excluding hydrogens is 435 g/mol. The Bertz CT molecular complexity index is 1010. The normalized spacial score (nSPS) is 25.3. The molecule has 0 spiro atoms. The van der Waals surface area contributed by atoms with Crippen molar-refractivity contribution >= 4 is 28.5 Å². The van der Waals surface area contributed by atoms with Crippen molar-refractivity contribution in [2.45, 2.75) is 11.7 Å². The van der Waals surface area contributed by atoms with Gasteiger partial charge in [-0.25, -0.2) is 28.1 Å². The number of aliphatic imine (C=N–C) groups is 1. The first kappa shape index (κ1) is 21.4. The second-order valence-corrected chi connectivity index (χ2v) is 8.01. The van der Waals surface area contributed by atoms with Crippen LogP contribution in [-0.4, -0.2) is 53.0 Å². The van der Waals surface area contributed by atoms with E-state index < -0.39 is 36.2 Å². The summed E-state index contributed by atoms with van der Waals surface area (Å²) in [5, 5.41) is 2.80. The summed E-state index contributed by atoms with van der Waals surface area (Å²) in [5.74, 6) is -1.61. The second kappa shape index (κ2) is 8.71. The minimum atomic E-state index is -1.34. The van der Waals surface area contributed by atoms with Gasteiger partial charge in [0.25, 0.3) is 5.91 Å². The van der Waals surface area contributed by atoms with E-state index in [0.29, 0.717) is 5.75 Å². The number of benzene rings is 1. The third-order valence-electron chi connectivity index (χ3n) is 5.12. The molecule has 1 saturated heterocycles. The van der Waals surface area contributed by atoms with E-state index in [0.717, 1.165) is 18.5 Å². The van der Waals surface area contributed by atoms with Gasteiger partial charge in [0.15, 0.2) is 5.17 Å². The highest BCUT2D eigenvalue weighted by Crippen LogP contribution is 2.46. The fourth-order valence-electron chi connectivity index (χ4n) is 3.64. The number of carbonyl (C=O) groups is 1. The number of amides is 1. The van der Waals surface area contributed by atoms with E-state index in [2.05, 4.69) is 25.0 Å². The van der Waals surface area contributed by atoms with Gasteiger partial charge in [0, 0.05) is 22.9 Å². The maximum Gasteiger partial charge on any atom is 0.275 e. The molecular formula is C19H18F3N5O3S. The van der Waals surface area contributed by atoms with E-state index in [4.69, 9.17) is 10.5 Å². The number of nitrogens with one attached hydrogen (secondary N) is 1. The molecule has 3 heterocycles. The van der Waals surface area contributed by atoms with Crippen LogP contribution in [0.2, 0.25) is 0 Å². The molecule has 164 valence electrons. The van der Waals surface area contributed by atoms with Crippen LogP contribution in [0.25, 0.3) is 0 Å². The Labute approximate surface area is 179 Å². The number of nitrogens with two attached hydrogens (primary N) is 1. The number of carbonyl (C=O) groups excluding carboxylic acids is 1. The lowest BCUT2D eigenvalue weighted by Crippen LogP contribution is -2.53. The lowest BCUT2D eigenvalue weighted by Gasteiger charge is -2.45. The summed E-state index contributed by atoms with van der Waals surface area (Å²) < 4.78 is 51.6. The third kappa shape index (κ3) is 4.17. The van der Waals surface area contributed by atoms with Crippen molar-refractivity contribution < 1.29 is 27.4 Å². The van der Waals surface area contributed by atoms with Gasteiger partial charge in [0.2, 0.25) is 12.7 Å². The van der Waals surface area contributed by atoms with Crippen LogP contribution in [0, 0.1) is 11.7 Å². The van der Waals surface area contributed by atoms with E-state index in [9.17, 15) is 18.0 Å². The molecule has 0 bridgehead atoms. The number of ether oxygens (including phenoxy) is 2. The lowest BCUT2D eigenvalue weighted by molar-refractivity contribution is -0.0526. The molecule has 1 aromatic carbocycles. The van der Waals surface area contributed by atoms with Crippen LogP contribution in [0.1, 0.15) is 16.1 Å². The van der Waals surface area contributed by atoms with E-state index in [-0.39, 0.29) is 41.2 Å². The maximum absolute atomic E-state index is 14.9. The molecule has 0 saturated carbocycles. The number of amidine groups is 1. The van der Waals surface area contributed by atoms with Crippen molar-refractivity contribution in [3.8, 4) is 5.88 Å². The van der Waals surface area contributed by atoms with Crippen molar-refractivity contribution in [2.24, 2.45) is 16.6 Å². The molecule has 8 nitrogen and oxygen atoms in total. The van der Waals surface area contributed by atoms with E-state index in [1.54, 1.807) is 0 Å². The molecule has 3 N–H and O–H groups in total. The predicted molar refractivity (Wildman–Crippen MR) is 108 cm³/mol. The molecule has 2 aliphatic rings. The Balaban J connectivity index is 1.64. The van der Waals surface area contributed by atoms with Crippen LogP contribution in [-0.2, 0) is 10.3 Å². The molecule has 4 rings (SSSR count). The summed E-state index contributed by atoms with van der Waals surface area (Å²) in [4.78, 5) is 24.5. The number of alkyl halides is 2. The molecule has 0 aliphatic carbocycles. The van der Waals surface area contributed by atoms with Gasteiger partial charge in [-0.3, -0.25) is 4.79 Å². The first-order valence-electron chi connectivity index (χ1n) is 9.25. The summed E-state index contributed by atoms with van der Waals surface area (Å²) in [6.45, 7) is -1.20. The number of aromatic nitrogens is 2. The monoisotopic (exact) mass is 453 g/mol. The highest BCUT2D eigenvalue weighted by atomic mass is 32.2. The summed E-state index contributed by atoms with van der Waals surface area (Å²) in [6.07, 6.45) is 0.883. The van der Waals surface area contributed by atoms with Gasteiger partial charge in [-0.05, 0) is 18.2 Å². The zero-order chi connectivity index (χ0) is 22.0. The summed E-state index contributed by atoms with van der Waals surface area (Å²) in [5.41, 5.74) is 4.82. The Hall–Kier alpha value is -2.86. The van der Waals surface area contributed by atoms with Gasteiger partial charge in [-0.15, -0.1) is 0 Å². The van der Waals surface area contributed by atoms with Gasteiger partial charge < -0.3 is 20.5 Å². The van der Waals surface area contributed by atoms with Gasteiger partial charge in [-0.2, -0.15) is 0 Å². The van der Waals surface area contributed by atoms with Crippen LogP contribution in [0.15, 0.2) is 35.6 Å². The molecule has 2 aromatic rings. The zero-order valence-corrected chi connectivity index (χ0v) is 16.9. The Kier molecular flexibility index (Phi) is 6.01. The number of thioether (sulfide) groups is 1. The SMILES string of the molecule is NC1=N[C@@]2(c3cc(NC(=O)c4cnc(OCF)cn4)ccc3F)COC[C@@H](F)[C@H]2CS1. The number of hydrogen-bond donors (Lipinski definition) is 2. The first-order valence-corrected chi connectivity index (χ1v) is 10.2. The van der Waals surface area contributed by atoms with Gasteiger partial charge in [0.1, 0.15) is 23.2 Å². The standard InChI is InChI=1S/C19H18F3N5O3S/c20-9-30-16-5-24-15(4-25-16)17(28)26-10-1-2-13(21)11(3-10)19-8-29-6-14(22)12(19)7-31-18(23)27-19/h1-5,12,14H,6-9H2,(H2,23,27)(H,26,28)/t12-,14-,19-/m1/s1. The van der Waals surface area contributed by atoms with Gasteiger partial charge in [-0.1, -0.05) is 11.8 Å². The molecule has 0 radical (unpaired) electrons. The molecule has 1 amide bonds. The van der Waals surface area contributed by atoms with Crippen molar-refractivity contribution in [3.63, 3.8) is 0 Å². The van der Waals surface area contributed by atoms with Crippen molar-refractivity contribution in [1.29, 1.82) is 0 Å². The number of halogens is 3. The largest absolute Gasteiger partial charge is 0.445 e. The fourth-order valence-corrected chi connectivity index (χ4v) is 4.70. The van der Waals surface area contributed by atoms with Crippen LogP contribution in [0.4, 0.5) is 18.9 Å². The van der Waals surface area contributed by atoms with Gasteiger partial charge in [0.05, 0.1) is 25.6 Å². The molecule has 31 heavy (non-hydrogen) atoms. The van der Waals surface area contributed by atoms with Crippen LogP contribution in [0.5, 0.6) is 5.88 Å². The summed E-state index contributed by atoms with van der Waals surface area (Å²) >= 11 is 1.21. The smallest absolute Gasteiger partial charge is 0.275 e. The molecule has 3 atom stereocenters. The Morgan fingerprint density at radius 2 is 2.23 bits per heavy atom. The van der Waals surface area contributed by atoms with E-state index in [1.807, 2.05) is 0 Å². The van der Waals surface area contributed by atoms with Crippen molar-refractivity contribution in [2.75, 3.05) is 31.1 Å². The first-order chi connectivity index (χ1) is 14.9. The highest BCUT2D eigenvalue weighted by molar-refractivity contribution is 8.13. The number of anilines is 1. The summed E-state index contributed by atoms with van der Waals surface area (Å²) in [6, 6.07) is 3.91. The quantitative estimate of drug-likeness (QED) is 0.715. The number of rotatable bonds is 5. The van der Waals surface area contributed by atoms with E-state index in [1.165, 1.54) is 23.9 Å². The predicted octanol–water partition coefficient (Wildman–Crippen LogP) is 2.42. The number of hydrogen-bond acceptors (Lipinski definition) is 8. The van der Waals surface area contributed by atoms with Crippen LogP contribution in [0.3, 0.4) is 0 Å². The molecule has 1 fully saturated rings. The maximum atomic E-state index is 14.9. The minimum Gasteiger partial charge on any atom is -0.445 e. The van der Waals surface area contributed by atoms with Crippen molar-refractivity contribution in [3.05, 3.63) is 47.7 Å². The molecule has 0 unspecified atom stereocenters. The lowest BCUT2D eigenvalue weighted by atomic mass is 9.75. The number of fused-ring (bicyclic) bond motifs is 1. The molecule has 1 aromatic heterocycles. The molecule has 2 aliphatic heterocycles. The summed E-state index contributed by atoms with van der Waals surface area (Å²) in [7, 11) is 0. The minimum absolute atomic E-state index is 0.0326. The number of nitrogens with zero attached hydrogens (tertiary/aromatic N) is 3. The van der Waals surface area contributed by atoms with Crippen LogP contribution >= 0.6 is 11.8 Å². The van der Waals surface area contributed by atoms with Crippen LogP contribution < -0.4 is 15.8 Å². The molecule has 12 heteroatoms.